The highest BCUT2D eigenvalue weighted by Crippen LogP contribution is 2.16. The van der Waals surface area contributed by atoms with Crippen molar-refractivity contribution >= 4 is 5.78 Å². The summed E-state index contributed by atoms with van der Waals surface area (Å²) in [5, 5.41) is 9.64. The average Bonchev–Trinajstić information content (AvgIpc) is 2.10. The van der Waals surface area contributed by atoms with Crippen molar-refractivity contribution in [3.8, 4) is 0 Å². The van der Waals surface area contributed by atoms with E-state index in [0.717, 1.165) is 12.8 Å². The Bertz CT molecular complexity index is 162. The molecule has 0 aromatic heterocycles. The molecule has 0 aliphatic heterocycles. The minimum absolute atomic E-state index is 0.119. The van der Waals surface area contributed by atoms with E-state index in [0.29, 0.717) is 6.42 Å². The van der Waals surface area contributed by atoms with Crippen LogP contribution in [0.5, 0.6) is 0 Å². The molecule has 0 saturated carbocycles. The highest BCUT2D eigenvalue weighted by Gasteiger charge is 2.24. The fourth-order valence-corrected chi connectivity index (χ4v) is 1.43. The van der Waals surface area contributed by atoms with Gasteiger partial charge < -0.3 is 5.11 Å². The molecule has 0 radical (unpaired) electrons. The van der Waals surface area contributed by atoms with E-state index in [9.17, 15) is 9.90 Å². The van der Waals surface area contributed by atoms with E-state index in [4.69, 9.17) is 0 Å². The molecule has 0 heterocycles. The van der Waals surface area contributed by atoms with Crippen molar-refractivity contribution in [2.24, 2.45) is 0 Å². The van der Waals surface area contributed by atoms with Gasteiger partial charge in [0.25, 0.3) is 0 Å². The summed E-state index contributed by atoms with van der Waals surface area (Å²) in [5.74, 6) is -0.119. The maximum atomic E-state index is 11.0. The number of ketones is 1. The minimum atomic E-state index is -1.09. The monoisotopic (exact) mass is 200 g/mol. The lowest BCUT2D eigenvalue weighted by molar-refractivity contribution is -0.134. The van der Waals surface area contributed by atoms with E-state index in [-0.39, 0.29) is 5.78 Å². The van der Waals surface area contributed by atoms with Gasteiger partial charge in [-0.25, -0.2) is 0 Å². The highest BCUT2D eigenvalue weighted by atomic mass is 16.3. The molecule has 2 nitrogen and oxygen atoms in total. The highest BCUT2D eigenvalue weighted by molar-refractivity contribution is 5.84. The van der Waals surface area contributed by atoms with Gasteiger partial charge in [-0.05, 0) is 20.3 Å². The van der Waals surface area contributed by atoms with Gasteiger partial charge in [0, 0.05) is 0 Å². The molecule has 14 heavy (non-hydrogen) atoms. The Morgan fingerprint density at radius 1 is 1.14 bits per heavy atom. The fourth-order valence-electron chi connectivity index (χ4n) is 1.43. The second-order valence-corrected chi connectivity index (χ2v) is 4.35. The molecule has 2 heteroatoms. The zero-order chi connectivity index (χ0) is 11.0. The molecule has 0 spiro atoms. The summed E-state index contributed by atoms with van der Waals surface area (Å²) in [6.07, 6.45) is 7.74. The van der Waals surface area contributed by atoms with Crippen LogP contribution in [0, 0.1) is 0 Å². The van der Waals surface area contributed by atoms with Crippen LogP contribution >= 0.6 is 0 Å². The summed E-state index contributed by atoms with van der Waals surface area (Å²) in [5.41, 5.74) is -1.09. The second-order valence-electron chi connectivity index (χ2n) is 4.35. The predicted octanol–water partition coefficient (Wildman–Crippen LogP) is 3.08. The minimum Gasteiger partial charge on any atom is -0.382 e. The molecule has 0 aliphatic rings. The van der Waals surface area contributed by atoms with E-state index in [1.54, 1.807) is 6.92 Å². The van der Waals surface area contributed by atoms with E-state index < -0.39 is 5.60 Å². The predicted molar refractivity (Wildman–Crippen MR) is 59.3 cm³/mol. The van der Waals surface area contributed by atoms with Crippen LogP contribution in [-0.2, 0) is 4.79 Å². The van der Waals surface area contributed by atoms with Gasteiger partial charge in [0.1, 0.15) is 5.60 Å². The van der Waals surface area contributed by atoms with E-state index in [1.165, 1.54) is 32.6 Å². The lowest BCUT2D eigenvalue weighted by Gasteiger charge is -2.19. The Morgan fingerprint density at radius 2 is 1.64 bits per heavy atom. The molecule has 84 valence electrons. The average molecular weight is 200 g/mol. The molecular formula is C12H24O2. The largest absolute Gasteiger partial charge is 0.382 e. The van der Waals surface area contributed by atoms with Crippen molar-refractivity contribution in [3.63, 3.8) is 0 Å². The Balaban J connectivity index is 3.40. The van der Waals surface area contributed by atoms with Crippen molar-refractivity contribution in [1.82, 2.24) is 0 Å². The van der Waals surface area contributed by atoms with Crippen LogP contribution in [0.25, 0.3) is 0 Å². The Kier molecular flexibility index (Phi) is 6.81. The molecule has 0 fully saturated rings. The zero-order valence-corrected chi connectivity index (χ0v) is 9.81. The lowest BCUT2D eigenvalue weighted by Crippen LogP contribution is -2.32. The number of carbonyl (C=O) groups excluding carboxylic acids is 1. The zero-order valence-electron chi connectivity index (χ0n) is 9.81. The topological polar surface area (TPSA) is 37.3 Å². The number of carbonyl (C=O) groups is 1. The van der Waals surface area contributed by atoms with Crippen LogP contribution in [-0.4, -0.2) is 16.5 Å². The molecule has 1 N–H and O–H groups in total. The molecule has 0 aromatic rings. The summed E-state index contributed by atoms with van der Waals surface area (Å²) in [4.78, 5) is 11.0. The van der Waals surface area contributed by atoms with Gasteiger partial charge >= 0.3 is 0 Å². The van der Waals surface area contributed by atoms with Crippen LogP contribution in [0.4, 0.5) is 0 Å². The Hall–Kier alpha value is -0.370. The second kappa shape index (κ2) is 6.99. The number of Topliss-reactive ketones (excluding diaryl/α,β-unsaturated/α-hetero) is 1. The summed E-state index contributed by atoms with van der Waals surface area (Å²) < 4.78 is 0. The number of hydrogen-bond donors (Lipinski definition) is 1. The maximum Gasteiger partial charge on any atom is 0.160 e. The van der Waals surface area contributed by atoms with Crippen molar-refractivity contribution in [3.05, 3.63) is 0 Å². The summed E-state index contributed by atoms with van der Waals surface area (Å²) >= 11 is 0. The third-order valence-corrected chi connectivity index (χ3v) is 2.78. The molecule has 0 aliphatic carbocycles. The van der Waals surface area contributed by atoms with E-state index in [2.05, 4.69) is 6.92 Å². The van der Waals surface area contributed by atoms with Gasteiger partial charge in [-0.15, -0.1) is 0 Å². The van der Waals surface area contributed by atoms with Crippen molar-refractivity contribution in [2.75, 3.05) is 0 Å². The molecular weight excluding hydrogens is 176 g/mol. The summed E-state index contributed by atoms with van der Waals surface area (Å²) in [7, 11) is 0. The van der Waals surface area contributed by atoms with E-state index >= 15 is 0 Å². The van der Waals surface area contributed by atoms with Gasteiger partial charge in [0.05, 0.1) is 0 Å². The summed E-state index contributed by atoms with van der Waals surface area (Å²) in [6.45, 7) is 5.26. The van der Waals surface area contributed by atoms with Gasteiger partial charge in [0.2, 0.25) is 0 Å². The van der Waals surface area contributed by atoms with Gasteiger partial charge in [-0.2, -0.15) is 0 Å². The van der Waals surface area contributed by atoms with Gasteiger partial charge in [-0.3, -0.25) is 4.79 Å². The third kappa shape index (κ3) is 6.14. The molecule has 0 saturated heterocycles. The molecule has 1 unspecified atom stereocenters. The van der Waals surface area contributed by atoms with Crippen molar-refractivity contribution < 1.29 is 9.90 Å². The number of hydrogen-bond acceptors (Lipinski definition) is 2. The molecule has 1 atom stereocenters. The first-order chi connectivity index (χ1) is 6.50. The SMILES string of the molecule is CCCCCCCCC(C)(O)C(C)=O. The van der Waals surface area contributed by atoms with Crippen LogP contribution < -0.4 is 0 Å². The first-order valence-electron chi connectivity index (χ1n) is 5.74. The van der Waals surface area contributed by atoms with E-state index in [1.807, 2.05) is 0 Å². The maximum absolute atomic E-state index is 11.0. The van der Waals surface area contributed by atoms with Crippen molar-refractivity contribution in [2.45, 2.75) is 71.3 Å². The first-order valence-corrected chi connectivity index (χ1v) is 5.74. The van der Waals surface area contributed by atoms with Crippen LogP contribution in [0.3, 0.4) is 0 Å². The fraction of sp³-hybridized carbons (Fsp3) is 0.917. The Morgan fingerprint density at radius 3 is 2.14 bits per heavy atom. The van der Waals surface area contributed by atoms with Gasteiger partial charge in [0.15, 0.2) is 5.78 Å². The normalized spacial score (nSPS) is 15.1. The summed E-state index contributed by atoms with van der Waals surface area (Å²) in [6, 6.07) is 0. The first kappa shape index (κ1) is 13.6. The number of unbranched alkanes of at least 4 members (excludes halogenated alkanes) is 5. The van der Waals surface area contributed by atoms with Crippen LogP contribution in [0.1, 0.15) is 65.7 Å². The third-order valence-electron chi connectivity index (χ3n) is 2.78. The van der Waals surface area contributed by atoms with Gasteiger partial charge in [-0.1, -0.05) is 45.4 Å². The number of aliphatic hydroxyl groups is 1. The van der Waals surface area contributed by atoms with Crippen molar-refractivity contribution in [1.29, 1.82) is 0 Å². The standard InChI is InChI=1S/C12H24O2/c1-4-5-6-7-8-9-10-12(3,14)11(2)13/h14H,4-10H2,1-3H3. The van der Waals surface area contributed by atoms with Crippen LogP contribution in [0.15, 0.2) is 0 Å². The molecule has 0 bridgehead atoms. The Labute approximate surface area is 87.7 Å². The smallest absolute Gasteiger partial charge is 0.160 e. The molecule has 0 amide bonds. The lowest BCUT2D eigenvalue weighted by atomic mass is 9.94. The molecule has 0 aromatic carbocycles. The number of rotatable bonds is 8. The molecule has 0 rings (SSSR count). The quantitative estimate of drug-likeness (QED) is 0.611. The van der Waals surface area contributed by atoms with Crippen LogP contribution in [0.2, 0.25) is 0 Å².